The average Bonchev–Trinajstić information content (AvgIpc) is 2.26. The average molecular weight is 228 g/mol. The minimum atomic E-state index is -0.338. The van der Waals surface area contributed by atoms with Gasteiger partial charge in [-0.15, -0.1) is 0 Å². The molecule has 4 nitrogen and oxygen atoms in total. The minimum absolute atomic E-state index is 0.180. The van der Waals surface area contributed by atoms with Gasteiger partial charge in [0.05, 0.1) is 0 Å². The first kappa shape index (κ1) is 17.0. The summed E-state index contributed by atoms with van der Waals surface area (Å²) >= 11 is 0. The lowest BCUT2D eigenvalue weighted by Crippen LogP contribution is -1.98. The molecule has 92 valence electrons. The lowest BCUT2D eigenvalue weighted by atomic mass is 10.3. The van der Waals surface area contributed by atoms with Gasteiger partial charge in [0.1, 0.15) is 19.2 Å². The maximum absolute atomic E-state index is 10.2. The summed E-state index contributed by atoms with van der Waals surface area (Å²) in [5, 5.41) is 0. The number of carbonyl (C=O) groups excluding carboxylic acids is 3. The van der Waals surface area contributed by atoms with E-state index in [9.17, 15) is 14.4 Å². The number of hydrogen-bond acceptors (Lipinski definition) is 4. The Balaban J connectivity index is 0. The van der Waals surface area contributed by atoms with Gasteiger partial charge in [-0.3, -0.25) is 9.59 Å². The van der Waals surface area contributed by atoms with Crippen molar-refractivity contribution in [2.75, 3.05) is 6.61 Å². The Hall–Kier alpha value is -1.45. The number of esters is 1. The van der Waals surface area contributed by atoms with Gasteiger partial charge in [-0.25, -0.2) is 0 Å². The Morgan fingerprint density at radius 2 is 1.88 bits per heavy atom. The van der Waals surface area contributed by atoms with Gasteiger partial charge < -0.3 is 9.53 Å². The molecule has 0 aliphatic heterocycles. The molecule has 0 heterocycles. The van der Waals surface area contributed by atoms with Crippen LogP contribution in [0.1, 0.15) is 40.0 Å². The zero-order valence-corrected chi connectivity index (χ0v) is 10.2. The topological polar surface area (TPSA) is 60.4 Å². The zero-order chi connectivity index (χ0) is 12.8. The predicted octanol–water partition coefficient (Wildman–Crippen LogP) is 2.07. The number of aldehydes is 2. The van der Waals surface area contributed by atoms with Crippen LogP contribution in [0.3, 0.4) is 0 Å². The van der Waals surface area contributed by atoms with E-state index in [1.165, 1.54) is 6.92 Å². The van der Waals surface area contributed by atoms with Crippen LogP contribution in [0.2, 0.25) is 0 Å². The fraction of sp³-hybridized carbons (Fsp3) is 0.583. The van der Waals surface area contributed by atoms with Gasteiger partial charge in [-0.05, 0) is 25.0 Å². The number of ether oxygens (including phenoxy) is 1. The molecule has 4 heteroatoms. The third-order valence-corrected chi connectivity index (χ3v) is 1.55. The standard InChI is InChI=1S/C7H10O3.C5H10O/c1-6(5-8)3-4-10-7(2)9;1-2-3-4-5-6/h3,5H,4H2,1-2H3;5H,2-4H2,1H3. The summed E-state index contributed by atoms with van der Waals surface area (Å²) in [5.41, 5.74) is 0.571. The maximum atomic E-state index is 10.2. The molecule has 0 atom stereocenters. The number of allylic oxidation sites excluding steroid dienone is 1. The number of rotatable bonds is 6. The van der Waals surface area contributed by atoms with Crippen LogP contribution in [0.4, 0.5) is 0 Å². The molecule has 0 aliphatic carbocycles. The molecule has 0 saturated heterocycles. The second-order valence-corrected chi connectivity index (χ2v) is 3.18. The summed E-state index contributed by atoms with van der Waals surface area (Å²) in [4.78, 5) is 29.7. The van der Waals surface area contributed by atoms with Gasteiger partial charge in [-0.2, -0.15) is 0 Å². The van der Waals surface area contributed by atoms with Crippen molar-refractivity contribution in [3.63, 3.8) is 0 Å². The molecular formula is C12H20O4. The van der Waals surface area contributed by atoms with Crippen LogP contribution in [-0.4, -0.2) is 25.1 Å². The molecule has 0 amide bonds. The molecular weight excluding hydrogens is 208 g/mol. The SMILES string of the molecule is CC(=O)OCC=C(C)C=O.CCCCC=O. The molecule has 0 bridgehead atoms. The Bertz CT molecular complexity index is 231. The first-order chi connectivity index (χ1) is 7.58. The van der Waals surface area contributed by atoms with Gasteiger partial charge in [0.2, 0.25) is 0 Å². The van der Waals surface area contributed by atoms with Crippen molar-refractivity contribution in [1.82, 2.24) is 0 Å². The van der Waals surface area contributed by atoms with Crippen molar-refractivity contribution in [3.05, 3.63) is 11.6 Å². The van der Waals surface area contributed by atoms with E-state index in [-0.39, 0.29) is 12.6 Å². The van der Waals surface area contributed by atoms with Crippen LogP contribution in [0.15, 0.2) is 11.6 Å². The van der Waals surface area contributed by atoms with E-state index in [2.05, 4.69) is 11.7 Å². The van der Waals surface area contributed by atoms with E-state index in [4.69, 9.17) is 0 Å². The number of hydrogen-bond donors (Lipinski definition) is 0. The van der Waals surface area contributed by atoms with Gasteiger partial charge in [-0.1, -0.05) is 13.3 Å². The second-order valence-electron chi connectivity index (χ2n) is 3.18. The normalized spacial score (nSPS) is 9.81. The molecule has 0 radical (unpaired) electrons. The number of unbranched alkanes of at least 4 members (excludes halogenated alkanes) is 2. The number of carbonyl (C=O) groups is 3. The second kappa shape index (κ2) is 13.5. The predicted molar refractivity (Wildman–Crippen MR) is 62.0 cm³/mol. The van der Waals surface area contributed by atoms with Crippen molar-refractivity contribution in [2.24, 2.45) is 0 Å². The van der Waals surface area contributed by atoms with E-state index in [0.29, 0.717) is 11.9 Å². The summed E-state index contributed by atoms with van der Waals surface area (Å²) in [5.74, 6) is -0.338. The summed E-state index contributed by atoms with van der Waals surface area (Å²) in [6.07, 6.45) is 6.13. The lowest BCUT2D eigenvalue weighted by molar-refractivity contribution is -0.139. The Morgan fingerprint density at radius 1 is 1.25 bits per heavy atom. The first-order valence-electron chi connectivity index (χ1n) is 5.27. The van der Waals surface area contributed by atoms with Crippen LogP contribution < -0.4 is 0 Å². The maximum Gasteiger partial charge on any atom is 0.302 e. The highest BCUT2D eigenvalue weighted by atomic mass is 16.5. The van der Waals surface area contributed by atoms with Crippen LogP contribution in [0, 0.1) is 0 Å². The molecule has 0 unspecified atom stereocenters. The van der Waals surface area contributed by atoms with Crippen LogP contribution >= 0.6 is 0 Å². The smallest absolute Gasteiger partial charge is 0.302 e. The highest BCUT2D eigenvalue weighted by molar-refractivity contribution is 5.72. The molecule has 0 aromatic carbocycles. The molecule has 0 rings (SSSR count). The van der Waals surface area contributed by atoms with E-state index in [1.54, 1.807) is 13.0 Å². The summed E-state index contributed by atoms with van der Waals surface area (Å²) in [6.45, 7) is 5.23. The largest absolute Gasteiger partial charge is 0.462 e. The fourth-order valence-corrected chi connectivity index (χ4v) is 0.626. The summed E-state index contributed by atoms with van der Waals surface area (Å²) in [6, 6.07) is 0. The molecule has 16 heavy (non-hydrogen) atoms. The van der Waals surface area contributed by atoms with Crippen molar-refractivity contribution < 1.29 is 19.1 Å². The highest BCUT2D eigenvalue weighted by Gasteiger charge is 1.88. The molecule has 0 saturated carbocycles. The van der Waals surface area contributed by atoms with Crippen molar-refractivity contribution in [3.8, 4) is 0 Å². The Kier molecular flexibility index (Phi) is 14.4. The van der Waals surface area contributed by atoms with Crippen LogP contribution in [0.5, 0.6) is 0 Å². The first-order valence-corrected chi connectivity index (χ1v) is 5.27. The third-order valence-electron chi connectivity index (χ3n) is 1.55. The van der Waals surface area contributed by atoms with E-state index in [1.807, 2.05) is 0 Å². The van der Waals surface area contributed by atoms with Crippen LogP contribution in [0.25, 0.3) is 0 Å². The minimum Gasteiger partial charge on any atom is -0.462 e. The fourth-order valence-electron chi connectivity index (χ4n) is 0.626. The summed E-state index contributed by atoms with van der Waals surface area (Å²) in [7, 11) is 0. The Morgan fingerprint density at radius 3 is 2.19 bits per heavy atom. The van der Waals surface area contributed by atoms with E-state index >= 15 is 0 Å². The van der Waals surface area contributed by atoms with E-state index < -0.39 is 0 Å². The van der Waals surface area contributed by atoms with Crippen molar-refractivity contribution in [2.45, 2.75) is 40.0 Å². The monoisotopic (exact) mass is 228 g/mol. The lowest BCUT2D eigenvalue weighted by Gasteiger charge is -1.94. The van der Waals surface area contributed by atoms with Gasteiger partial charge in [0.15, 0.2) is 0 Å². The molecule has 0 spiro atoms. The molecule has 0 aliphatic rings. The third kappa shape index (κ3) is 18.4. The molecule has 0 fully saturated rings. The van der Waals surface area contributed by atoms with Crippen molar-refractivity contribution in [1.29, 1.82) is 0 Å². The highest BCUT2D eigenvalue weighted by Crippen LogP contribution is 1.87. The van der Waals surface area contributed by atoms with Crippen LogP contribution in [-0.2, 0) is 19.1 Å². The van der Waals surface area contributed by atoms with E-state index in [0.717, 1.165) is 25.5 Å². The zero-order valence-electron chi connectivity index (χ0n) is 10.2. The van der Waals surface area contributed by atoms with Gasteiger partial charge in [0, 0.05) is 13.3 Å². The Labute approximate surface area is 96.7 Å². The molecule has 0 N–H and O–H groups in total. The van der Waals surface area contributed by atoms with Crippen molar-refractivity contribution >= 4 is 18.5 Å². The van der Waals surface area contributed by atoms with Gasteiger partial charge >= 0.3 is 5.97 Å². The summed E-state index contributed by atoms with van der Waals surface area (Å²) < 4.78 is 4.54. The quantitative estimate of drug-likeness (QED) is 0.302. The van der Waals surface area contributed by atoms with Gasteiger partial charge in [0.25, 0.3) is 0 Å². The molecule has 0 aromatic rings. The molecule has 0 aromatic heterocycles.